The van der Waals surface area contributed by atoms with E-state index >= 15 is 0 Å². The minimum Gasteiger partial charge on any atom is -0.330 e. The van der Waals surface area contributed by atoms with Crippen molar-refractivity contribution >= 4 is 29.3 Å². The molecular weight excluding hydrogens is 398 g/mol. The van der Waals surface area contributed by atoms with E-state index in [0.717, 1.165) is 44.3 Å². The first kappa shape index (κ1) is 22.9. The number of hydrogen-bond donors (Lipinski definition) is 4. The molecule has 0 spiro atoms. The third-order valence-electron chi connectivity index (χ3n) is 5.67. The molecule has 3 rings (SSSR count). The number of rotatable bonds is 11. The van der Waals surface area contributed by atoms with Crippen LogP contribution in [0.3, 0.4) is 0 Å². The fourth-order valence-corrected chi connectivity index (χ4v) is 3.98. The Morgan fingerprint density at radius 2 is 1.94 bits per heavy atom. The molecule has 0 radical (unpaired) electrons. The normalized spacial score (nSPS) is 18.2. The first-order valence-electron chi connectivity index (χ1n) is 11.0. The third kappa shape index (κ3) is 5.89. The van der Waals surface area contributed by atoms with Crippen LogP contribution in [0.25, 0.3) is 0 Å². The number of hydrogen-bond acceptors (Lipinski definition) is 6. The molecule has 5 N–H and O–H groups in total. The van der Waals surface area contributed by atoms with Crippen LogP contribution >= 0.6 is 0 Å². The van der Waals surface area contributed by atoms with E-state index in [4.69, 9.17) is 5.73 Å². The minimum atomic E-state index is -0.667. The molecule has 9 heteroatoms. The van der Waals surface area contributed by atoms with Crippen molar-refractivity contribution in [2.75, 3.05) is 25.0 Å². The van der Waals surface area contributed by atoms with E-state index in [1.165, 1.54) is 4.90 Å². The molecule has 0 bridgehead atoms. The van der Waals surface area contributed by atoms with Crippen molar-refractivity contribution < 1.29 is 19.2 Å². The molecule has 168 valence electrons. The highest BCUT2D eigenvalue weighted by atomic mass is 16.2. The second-order valence-electron chi connectivity index (χ2n) is 7.98. The largest absolute Gasteiger partial charge is 0.330 e. The summed E-state index contributed by atoms with van der Waals surface area (Å²) in [4.78, 5) is 50.3. The highest BCUT2D eigenvalue weighted by Crippen LogP contribution is 2.32. The number of nitrogens with zero attached hydrogens (tertiary/aromatic N) is 1. The Kier molecular flexibility index (Phi) is 8.13. The predicted octanol–water partition coefficient (Wildman–Crippen LogP) is 0.885. The van der Waals surface area contributed by atoms with Crippen LogP contribution in [0, 0.1) is 0 Å². The van der Waals surface area contributed by atoms with E-state index < -0.39 is 11.9 Å². The van der Waals surface area contributed by atoms with Gasteiger partial charge >= 0.3 is 0 Å². The Hall–Kier alpha value is -2.78. The van der Waals surface area contributed by atoms with Crippen LogP contribution in [-0.2, 0) is 20.9 Å². The smallest absolute Gasteiger partial charge is 0.255 e. The van der Waals surface area contributed by atoms with Crippen molar-refractivity contribution in [2.24, 2.45) is 5.73 Å². The predicted molar refractivity (Wildman–Crippen MR) is 116 cm³/mol. The summed E-state index contributed by atoms with van der Waals surface area (Å²) >= 11 is 0. The zero-order valence-corrected chi connectivity index (χ0v) is 17.7. The van der Waals surface area contributed by atoms with Gasteiger partial charge in [-0.25, -0.2) is 0 Å². The second-order valence-corrected chi connectivity index (χ2v) is 7.98. The van der Waals surface area contributed by atoms with Gasteiger partial charge in [0.15, 0.2) is 0 Å². The van der Waals surface area contributed by atoms with Gasteiger partial charge in [0.2, 0.25) is 17.7 Å². The Morgan fingerprint density at radius 3 is 2.71 bits per heavy atom. The van der Waals surface area contributed by atoms with Crippen molar-refractivity contribution in [3.05, 3.63) is 29.3 Å². The summed E-state index contributed by atoms with van der Waals surface area (Å²) in [5.41, 5.74) is 7.26. The van der Waals surface area contributed by atoms with Crippen LogP contribution in [0.15, 0.2) is 18.2 Å². The van der Waals surface area contributed by atoms with Gasteiger partial charge in [0.25, 0.3) is 5.91 Å². The van der Waals surface area contributed by atoms with Gasteiger partial charge in [-0.3, -0.25) is 24.5 Å². The molecule has 1 unspecified atom stereocenters. The number of fused-ring (bicyclic) bond motifs is 1. The first-order valence-corrected chi connectivity index (χ1v) is 11.0. The standard InChI is InChI=1S/C22H31N5O4/c23-11-5-13-24-12-3-1-2-8-19(28)25-17-7-4-6-15-16(17)14-27(22(15)31)18-9-10-20(29)26-21(18)30/h4,6-7,18,24H,1-3,5,8-14,23H2,(H,25,28)(H,26,29,30). The van der Waals surface area contributed by atoms with Crippen molar-refractivity contribution in [2.45, 2.75) is 57.5 Å². The molecule has 4 amide bonds. The molecule has 1 fully saturated rings. The number of carbonyl (C=O) groups is 4. The van der Waals surface area contributed by atoms with Crippen LogP contribution in [0.2, 0.25) is 0 Å². The second kappa shape index (κ2) is 11.0. The maximum absolute atomic E-state index is 12.8. The number of nitrogens with one attached hydrogen (secondary N) is 3. The highest BCUT2D eigenvalue weighted by Gasteiger charge is 2.39. The van der Waals surface area contributed by atoms with E-state index in [1.54, 1.807) is 18.2 Å². The average molecular weight is 430 g/mol. The maximum atomic E-state index is 12.8. The number of anilines is 1. The van der Waals surface area contributed by atoms with Crippen LogP contribution in [-0.4, -0.2) is 54.2 Å². The fraction of sp³-hybridized carbons (Fsp3) is 0.545. The summed E-state index contributed by atoms with van der Waals surface area (Å²) in [6.07, 6.45) is 4.66. The molecule has 1 aromatic rings. The Balaban J connectivity index is 1.50. The van der Waals surface area contributed by atoms with Crippen molar-refractivity contribution in [3.8, 4) is 0 Å². The van der Waals surface area contributed by atoms with Gasteiger partial charge in [0.1, 0.15) is 6.04 Å². The van der Waals surface area contributed by atoms with Gasteiger partial charge in [0, 0.05) is 36.2 Å². The molecule has 31 heavy (non-hydrogen) atoms. The molecule has 0 saturated carbocycles. The van der Waals surface area contributed by atoms with Crippen LogP contribution in [0.1, 0.15) is 60.9 Å². The van der Waals surface area contributed by atoms with E-state index in [1.807, 2.05) is 0 Å². The summed E-state index contributed by atoms with van der Waals surface area (Å²) in [5, 5.41) is 8.54. The molecule has 1 saturated heterocycles. The quantitative estimate of drug-likeness (QED) is 0.305. The van der Waals surface area contributed by atoms with Gasteiger partial charge in [-0.05, 0) is 57.5 Å². The molecule has 0 aromatic heterocycles. The molecule has 1 atom stereocenters. The van der Waals surface area contributed by atoms with Crippen LogP contribution < -0.4 is 21.7 Å². The minimum absolute atomic E-state index is 0.0867. The zero-order valence-electron chi connectivity index (χ0n) is 17.7. The van der Waals surface area contributed by atoms with Crippen LogP contribution in [0.4, 0.5) is 5.69 Å². The van der Waals surface area contributed by atoms with Gasteiger partial charge < -0.3 is 21.3 Å². The Labute approximate surface area is 182 Å². The van der Waals surface area contributed by atoms with E-state index in [0.29, 0.717) is 30.6 Å². The molecule has 9 nitrogen and oxygen atoms in total. The summed E-state index contributed by atoms with van der Waals surface area (Å²) in [6, 6.07) is 4.54. The number of imide groups is 1. The summed E-state index contributed by atoms with van der Waals surface area (Å²) in [5.74, 6) is -1.09. The number of benzene rings is 1. The van der Waals surface area contributed by atoms with Crippen LogP contribution in [0.5, 0.6) is 0 Å². The maximum Gasteiger partial charge on any atom is 0.255 e. The molecular formula is C22H31N5O4. The fourth-order valence-electron chi connectivity index (χ4n) is 3.98. The first-order chi connectivity index (χ1) is 15.0. The lowest BCUT2D eigenvalue weighted by molar-refractivity contribution is -0.137. The number of unbranched alkanes of at least 4 members (excludes halogenated alkanes) is 2. The molecule has 0 aliphatic carbocycles. The Bertz CT molecular complexity index is 841. The molecule has 2 aliphatic rings. The van der Waals surface area contributed by atoms with Gasteiger partial charge in [-0.1, -0.05) is 12.5 Å². The molecule has 2 aliphatic heterocycles. The van der Waals surface area contributed by atoms with Gasteiger partial charge in [-0.2, -0.15) is 0 Å². The van der Waals surface area contributed by atoms with Crippen molar-refractivity contribution in [1.29, 1.82) is 0 Å². The third-order valence-corrected chi connectivity index (χ3v) is 5.67. The molecule has 2 heterocycles. The SMILES string of the molecule is NCCCNCCCCCC(=O)Nc1cccc2c1CN(C1CCC(=O)NC1=O)C2=O. The summed E-state index contributed by atoms with van der Waals surface area (Å²) in [6.45, 7) is 2.77. The zero-order chi connectivity index (χ0) is 22.2. The number of amides is 4. The number of nitrogens with two attached hydrogens (primary N) is 1. The number of carbonyl (C=O) groups excluding carboxylic acids is 4. The summed E-state index contributed by atoms with van der Waals surface area (Å²) in [7, 11) is 0. The highest BCUT2D eigenvalue weighted by molar-refractivity contribution is 6.06. The lowest BCUT2D eigenvalue weighted by Gasteiger charge is -2.29. The van der Waals surface area contributed by atoms with Crippen molar-refractivity contribution in [1.82, 2.24) is 15.5 Å². The van der Waals surface area contributed by atoms with Gasteiger partial charge in [-0.15, -0.1) is 0 Å². The van der Waals surface area contributed by atoms with E-state index in [9.17, 15) is 19.2 Å². The average Bonchev–Trinajstić information content (AvgIpc) is 3.07. The molecule has 1 aromatic carbocycles. The lowest BCUT2D eigenvalue weighted by Crippen LogP contribution is -2.52. The van der Waals surface area contributed by atoms with Crippen molar-refractivity contribution in [3.63, 3.8) is 0 Å². The monoisotopic (exact) mass is 429 g/mol. The number of piperidine rings is 1. The Morgan fingerprint density at radius 1 is 1.13 bits per heavy atom. The van der Waals surface area contributed by atoms with E-state index in [-0.39, 0.29) is 30.7 Å². The topological polar surface area (TPSA) is 134 Å². The lowest BCUT2D eigenvalue weighted by atomic mass is 10.0. The van der Waals surface area contributed by atoms with E-state index in [2.05, 4.69) is 16.0 Å². The summed E-state index contributed by atoms with van der Waals surface area (Å²) < 4.78 is 0. The van der Waals surface area contributed by atoms with Gasteiger partial charge in [0.05, 0.1) is 0 Å².